The molecule has 2 N–H and O–H groups in total. The molecule has 0 saturated carbocycles. The highest BCUT2D eigenvalue weighted by Crippen LogP contribution is 2.17. The largest absolute Gasteiger partial charge is 0.382 e. The molecule has 1 aliphatic heterocycles. The zero-order valence-corrected chi connectivity index (χ0v) is 10.3. The molecule has 0 radical (unpaired) electrons. The van der Waals surface area contributed by atoms with E-state index in [1.54, 1.807) is 0 Å². The van der Waals surface area contributed by atoms with Gasteiger partial charge in [-0.3, -0.25) is 4.90 Å². The minimum atomic E-state index is 0.435. The summed E-state index contributed by atoms with van der Waals surface area (Å²) < 4.78 is 2.18. The average molecular weight is 222 g/mol. The number of hydrogen-bond acceptors (Lipinski definition) is 3. The van der Waals surface area contributed by atoms with Crippen LogP contribution in [0.15, 0.2) is 6.20 Å². The second-order valence-electron chi connectivity index (χ2n) is 4.92. The second-order valence-corrected chi connectivity index (χ2v) is 4.92. The minimum Gasteiger partial charge on any atom is -0.382 e. The quantitative estimate of drug-likeness (QED) is 0.851. The van der Waals surface area contributed by atoms with E-state index in [4.69, 9.17) is 5.73 Å². The van der Waals surface area contributed by atoms with Crippen LogP contribution in [-0.4, -0.2) is 27.5 Å². The predicted molar refractivity (Wildman–Crippen MR) is 66.2 cm³/mol. The maximum Gasteiger partial charge on any atom is 0.141 e. The first-order chi connectivity index (χ1) is 7.66. The summed E-state index contributed by atoms with van der Waals surface area (Å²) in [7, 11) is 0. The molecule has 0 spiro atoms. The van der Waals surface area contributed by atoms with Gasteiger partial charge in [0.2, 0.25) is 0 Å². The van der Waals surface area contributed by atoms with Crippen molar-refractivity contribution < 1.29 is 0 Å². The summed E-state index contributed by atoms with van der Waals surface area (Å²) in [5.41, 5.74) is 5.77. The van der Waals surface area contributed by atoms with E-state index in [1.807, 2.05) is 6.20 Å². The van der Waals surface area contributed by atoms with Gasteiger partial charge in [-0.05, 0) is 39.8 Å². The van der Waals surface area contributed by atoms with Gasteiger partial charge in [-0.1, -0.05) is 6.42 Å². The van der Waals surface area contributed by atoms with Crippen LogP contribution in [0, 0.1) is 0 Å². The third-order valence-corrected chi connectivity index (χ3v) is 3.20. The summed E-state index contributed by atoms with van der Waals surface area (Å²) in [4.78, 5) is 6.90. The van der Waals surface area contributed by atoms with Crippen molar-refractivity contribution in [3.63, 3.8) is 0 Å². The number of nitrogens with two attached hydrogens (primary N) is 1. The number of nitrogens with zero attached hydrogens (tertiary/aromatic N) is 3. The molecule has 90 valence electrons. The fourth-order valence-electron chi connectivity index (χ4n) is 2.33. The summed E-state index contributed by atoms with van der Waals surface area (Å²) in [6, 6.07) is 0.435. The molecule has 0 atom stereocenters. The van der Waals surface area contributed by atoms with Crippen LogP contribution in [-0.2, 0) is 6.54 Å². The first-order valence-electron chi connectivity index (χ1n) is 6.22. The second kappa shape index (κ2) is 4.87. The Morgan fingerprint density at radius 1 is 1.31 bits per heavy atom. The Kier molecular flexibility index (Phi) is 3.49. The molecule has 0 aromatic carbocycles. The van der Waals surface area contributed by atoms with Gasteiger partial charge in [-0.15, -0.1) is 0 Å². The minimum absolute atomic E-state index is 0.435. The number of imidazole rings is 1. The molecular formula is C12H22N4. The Morgan fingerprint density at radius 3 is 2.62 bits per heavy atom. The Morgan fingerprint density at radius 2 is 2.00 bits per heavy atom. The fraction of sp³-hybridized carbons (Fsp3) is 0.750. The summed E-state index contributed by atoms with van der Waals surface area (Å²) >= 11 is 0. The van der Waals surface area contributed by atoms with Crippen LogP contribution in [0.5, 0.6) is 0 Å². The van der Waals surface area contributed by atoms with Gasteiger partial charge in [-0.2, -0.15) is 0 Å². The number of rotatable bonds is 3. The molecule has 0 bridgehead atoms. The van der Waals surface area contributed by atoms with Crippen LogP contribution in [0.4, 0.5) is 5.82 Å². The lowest BCUT2D eigenvalue weighted by Crippen LogP contribution is -2.30. The lowest BCUT2D eigenvalue weighted by molar-refractivity contribution is 0.212. The van der Waals surface area contributed by atoms with Crippen molar-refractivity contribution in [1.29, 1.82) is 0 Å². The highest BCUT2D eigenvalue weighted by atomic mass is 15.2. The third kappa shape index (κ3) is 2.55. The van der Waals surface area contributed by atoms with Gasteiger partial charge in [0, 0.05) is 12.2 Å². The smallest absolute Gasteiger partial charge is 0.141 e. The highest BCUT2D eigenvalue weighted by molar-refractivity contribution is 5.26. The van der Waals surface area contributed by atoms with Crippen LogP contribution < -0.4 is 5.73 Å². The van der Waals surface area contributed by atoms with E-state index in [9.17, 15) is 0 Å². The van der Waals surface area contributed by atoms with Crippen molar-refractivity contribution in [2.75, 3.05) is 18.8 Å². The number of piperidine rings is 1. The Hall–Kier alpha value is -1.03. The SMILES string of the molecule is CC(C)n1cc(N)nc1CN1CCCCC1. The molecule has 4 heteroatoms. The maximum absolute atomic E-state index is 5.77. The van der Waals surface area contributed by atoms with Gasteiger partial charge < -0.3 is 10.3 Å². The van der Waals surface area contributed by atoms with Gasteiger partial charge in [0.1, 0.15) is 11.6 Å². The third-order valence-electron chi connectivity index (χ3n) is 3.20. The summed E-state index contributed by atoms with van der Waals surface area (Å²) in [5.74, 6) is 1.75. The summed E-state index contributed by atoms with van der Waals surface area (Å²) in [6.07, 6.45) is 5.96. The lowest BCUT2D eigenvalue weighted by Gasteiger charge is -2.26. The first kappa shape index (κ1) is 11.5. The molecule has 1 fully saturated rings. The molecule has 0 unspecified atom stereocenters. The van der Waals surface area contributed by atoms with Crippen molar-refractivity contribution in [3.05, 3.63) is 12.0 Å². The topological polar surface area (TPSA) is 47.1 Å². The van der Waals surface area contributed by atoms with Gasteiger partial charge in [0.25, 0.3) is 0 Å². The lowest BCUT2D eigenvalue weighted by atomic mass is 10.1. The number of hydrogen-bond donors (Lipinski definition) is 1. The normalized spacial score (nSPS) is 18.2. The van der Waals surface area contributed by atoms with Crippen molar-refractivity contribution in [2.24, 2.45) is 0 Å². The van der Waals surface area contributed by atoms with Crippen molar-refractivity contribution >= 4 is 5.82 Å². The van der Waals surface area contributed by atoms with Gasteiger partial charge in [-0.25, -0.2) is 4.98 Å². The molecular weight excluding hydrogens is 200 g/mol. The van der Waals surface area contributed by atoms with E-state index < -0.39 is 0 Å². The van der Waals surface area contributed by atoms with E-state index in [2.05, 4.69) is 28.3 Å². The van der Waals surface area contributed by atoms with Crippen molar-refractivity contribution in [3.8, 4) is 0 Å². The van der Waals surface area contributed by atoms with E-state index >= 15 is 0 Å². The molecule has 1 saturated heterocycles. The first-order valence-corrected chi connectivity index (χ1v) is 6.22. The summed E-state index contributed by atoms with van der Waals surface area (Å²) in [6.45, 7) is 7.67. The molecule has 16 heavy (non-hydrogen) atoms. The van der Waals surface area contributed by atoms with Crippen LogP contribution in [0.1, 0.15) is 45.0 Å². The molecule has 1 aromatic heterocycles. The highest BCUT2D eigenvalue weighted by Gasteiger charge is 2.15. The zero-order valence-electron chi connectivity index (χ0n) is 10.3. The Bertz CT molecular complexity index is 337. The number of nitrogen functional groups attached to an aromatic ring is 1. The predicted octanol–water partition coefficient (Wildman–Crippen LogP) is 2.03. The molecule has 0 amide bonds. The molecule has 1 aliphatic rings. The van der Waals surface area contributed by atoms with E-state index in [0.29, 0.717) is 11.9 Å². The van der Waals surface area contributed by atoms with E-state index in [-0.39, 0.29) is 0 Å². The molecule has 2 rings (SSSR count). The number of likely N-dealkylation sites (tertiary alicyclic amines) is 1. The van der Waals surface area contributed by atoms with E-state index in [0.717, 1.165) is 12.4 Å². The monoisotopic (exact) mass is 222 g/mol. The Balaban J connectivity index is 2.07. The van der Waals surface area contributed by atoms with Crippen LogP contribution in [0.2, 0.25) is 0 Å². The molecule has 0 aliphatic carbocycles. The maximum atomic E-state index is 5.77. The summed E-state index contributed by atoms with van der Waals surface area (Å²) in [5, 5.41) is 0. The van der Waals surface area contributed by atoms with E-state index in [1.165, 1.54) is 32.4 Å². The fourth-order valence-corrected chi connectivity index (χ4v) is 2.33. The van der Waals surface area contributed by atoms with Crippen LogP contribution >= 0.6 is 0 Å². The van der Waals surface area contributed by atoms with Crippen molar-refractivity contribution in [1.82, 2.24) is 14.5 Å². The molecule has 2 heterocycles. The van der Waals surface area contributed by atoms with Crippen LogP contribution in [0.3, 0.4) is 0 Å². The van der Waals surface area contributed by atoms with Gasteiger partial charge >= 0.3 is 0 Å². The zero-order chi connectivity index (χ0) is 11.5. The number of anilines is 1. The molecule has 1 aromatic rings. The van der Waals surface area contributed by atoms with Gasteiger partial charge in [0.15, 0.2) is 0 Å². The number of aromatic nitrogens is 2. The van der Waals surface area contributed by atoms with Crippen LogP contribution in [0.25, 0.3) is 0 Å². The Labute approximate surface area is 97.4 Å². The van der Waals surface area contributed by atoms with Crippen molar-refractivity contribution in [2.45, 2.75) is 45.7 Å². The standard InChI is InChI=1S/C12H22N4/c1-10(2)16-8-11(13)14-12(16)9-15-6-4-3-5-7-15/h8,10H,3-7,9,13H2,1-2H3. The molecule has 4 nitrogen and oxygen atoms in total. The van der Waals surface area contributed by atoms with Gasteiger partial charge in [0.05, 0.1) is 6.54 Å². The average Bonchev–Trinajstić information content (AvgIpc) is 2.61.